The lowest BCUT2D eigenvalue weighted by Crippen LogP contribution is -2.47. The second-order valence-corrected chi connectivity index (χ2v) is 9.41. The van der Waals surface area contributed by atoms with E-state index in [9.17, 15) is 13.2 Å². The van der Waals surface area contributed by atoms with Crippen molar-refractivity contribution in [1.29, 1.82) is 0 Å². The highest BCUT2D eigenvalue weighted by molar-refractivity contribution is 7.89. The lowest BCUT2D eigenvalue weighted by molar-refractivity contribution is -0.122. The topological polar surface area (TPSA) is 84.5 Å². The summed E-state index contributed by atoms with van der Waals surface area (Å²) in [6.45, 7) is 0.169. The zero-order valence-electron chi connectivity index (χ0n) is 17.2. The number of para-hydroxylation sites is 1. The highest BCUT2D eigenvalue weighted by Gasteiger charge is 2.29. The zero-order chi connectivity index (χ0) is 23.1. The molecule has 3 aromatic carbocycles. The van der Waals surface area contributed by atoms with Crippen LogP contribution < -0.4 is 14.8 Å². The molecule has 0 spiro atoms. The van der Waals surface area contributed by atoms with Crippen molar-refractivity contribution in [3.63, 3.8) is 0 Å². The van der Waals surface area contributed by atoms with Crippen LogP contribution in [-0.2, 0) is 27.8 Å². The maximum Gasteiger partial charge on any atom is 0.244 e. The van der Waals surface area contributed by atoms with Crippen LogP contribution in [0.2, 0.25) is 10.0 Å². The summed E-state index contributed by atoms with van der Waals surface area (Å²) in [5, 5.41) is 2.73. The molecular weight excluding hydrogens is 471 g/mol. The number of carbonyl (C=O) groups excluding carboxylic acids is 1. The molecule has 9 heteroatoms. The number of carbonyl (C=O) groups is 1. The van der Waals surface area contributed by atoms with Gasteiger partial charge in [-0.25, -0.2) is 8.42 Å². The van der Waals surface area contributed by atoms with Gasteiger partial charge in [0.25, 0.3) is 0 Å². The molecule has 0 heterocycles. The van der Waals surface area contributed by atoms with Gasteiger partial charge in [0.1, 0.15) is 16.7 Å². The van der Waals surface area contributed by atoms with E-state index in [-0.39, 0.29) is 27.9 Å². The predicted octanol–water partition coefficient (Wildman–Crippen LogP) is 4.21. The molecule has 0 bridgehead atoms. The van der Waals surface area contributed by atoms with Crippen LogP contribution in [0.15, 0.2) is 77.7 Å². The maximum atomic E-state index is 13.1. The van der Waals surface area contributed by atoms with Crippen molar-refractivity contribution >= 4 is 39.1 Å². The Morgan fingerprint density at radius 3 is 2.22 bits per heavy atom. The molecule has 0 radical (unpaired) electrons. The molecule has 0 fully saturated rings. The molecule has 0 aromatic heterocycles. The average molecular weight is 493 g/mol. The van der Waals surface area contributed by atoms with E-state index >= 15 is 0 Å². The van der Waals surface area contributed by atoms with E-state index in [1.165, 1.54) is 12.1 Å². The van der Waals surface area contributed by atoms with Crippen LogP contribution in [0, 0.1) is 0 Å². The van der Waals surface area contributed by atoms with Gasteiger partial charge in [-0.15, -0.1) is 0 Å². The SMILES string of the molecule is COc1ccccc1CNC(=O)[C@@H](Cc1ccccc1)NS(=O)(=O)c1c(Cl)cccc1Cl. The second-order valence-electron chi connectivity index (χ2n) is 6.94. The van der Waals surface area contributed by atoms with Gasteiger partial charge in [0.05, 0.1) is 17.2 Å². The van der Waals surface area contributed by atoms with E-state index in [0.717, 1.165) is 11.1 Å². The minimum Gasteiger partial charge on any atom is -0.496 e. The molecule has 168 valence electrons. The largest absolute Gasteiger partial charge is 0.496 e. The lowest BCUT2D eigenvalue weighted by Gasteiger charge is -2.20. The molecule has 0 saturated carbocycles. The van der Waals surface area contributed by atoms with Crippen molar-refractivity contribution in [1.82, 2.24) is 10.0 Å². The van der Waals surface area contributed by atoms with Crippen molar-refractivity contribution < 1.29 is 17.9 Å². The summed E-state index contributed by atoms with van der Waals surface area (Å²) < 4.78 is 33.9. The molecule has 0 aliphatic rings. The molecule has 3 aromatic rings. The van der Waals surface area contributed by atoms with Gasteiger partial charge >= 0.3 is 0 Å². The number of nitrogens with one attached hydrogen (secondary N) is 2. The summed E-state index contributed by atoms with van der Waals surface area (Å²) in [6.07, 6.45) is 0.139. The van der Waals surface area contributed by atoms with Gasteiger partial charge in [-0.05, 0) is 30.2 Å². The molecule has 2 N–H and O–H groups in total. The van der Waals surface area contributed by atoms with Gasteiger partial charge in [0.2, 0.25) is 15.9 Å². The normalized spacial score (nSPS) is 12.2. The first-order valence-electron chi connectivity index (χ1n) is 9.71. The number of amides is 1. The first-order valence-corrected chi connectivity index (χ1v) is 12.0. The molecule has 6 nitrogen and oxygen atoms in total. The van der Waals surface area contributed by atoms with E-state index < -0.39 is 22.0 Å². The average Bonchev–Trinajstić information content (AvgIpc) is 2.77. The van der Waals surface area contributed by atoms with Gasteiger partial charge < -0.3 is 10.1 Å². The van der Waals surface area contributed by atoms with Crippen molar-refractivity contribution in [2.45, 2.75) is 23.9 Å². The molecular formula is C23H22Cl2N2O4S. The number of halogens is 2. The Labute approximate surface area is 197 Å². The maximum absolute atomic E-state index is 13.1. The Balaban J connectivity index is 1.85. The van der Waals surface area contributed by atoms with Crippen LogP contribution in [-0.4, -0.2) is 27.5 Å². The Bertz CT molecular complexity index is 1170. The van der Waals surface area contributed by atoms with Gasteiger partial charge in [-0.1, -0.05) is 77.8 Å². The number of hydrogen-bond donors (Lipinski definition) is 2. The quantitative estimate of drug-likeness (QED) is 0.468. The van der Waals surface area contributed by atoms with Gasteiger partial charge in [0, 0.05) is 12.1 Å². The molecule has 0 aliphatic carbocycles. The summed E-state index contributed by atoms with van der Waals surface area (Å²) >= 11 is 12.2. The van der Waals surface area contributed by atoms with E-state index in [1.54, 1.807) is 19.2 Å². The standard InChI is InChI=1S/C23H22Cl2N2O4S/c1-31-21-13-6-5-10-17(21)15-26-23(28)20(14-16-8-3-2-4-9-16)27-32(29,30)22-18(24)11-7-12-19(22)25/h2-13,20,27H,14-15H2,1H3,(H,26,28)/t20-/m1/s1. The zero-order valence-corrected chi connectivity index (χ0v) is 19.5. The third-order valence-electron chi connectivity index (χ3n) is 4.73. The van der Waals surface area contributed by atoms with Crippen molar-refractivity contribution in [3.05, 3.63) is 94.0 Å². The Hall–Kier alpha value is -2.58. The first kappa shape index (κ1) is 24.1. The molecule has 1 atom stereocenters. The Kier molecular flexibility index (Phi) is 8.15. The second kappa shape index (κ2) is 10.8. The molecule has 0 unspecified atom stereocenters. The number of rotatable bonds is 9. The van der Waals surface area contributed by atoms with E-state index in [0.29, 0.717) is 5.75 Å². The number of methoxy groups -OCH3 is 1. The fraction of sp³-hybridized carbons (Fsp3) is 0.174. The van der Waals surface area contributed by atoms with Crippen molar-refractivity contribution in [3.8, 4) is 5.75 Å². The Morgan fingerprint density at radius 2 is 1.56 bits per heavy atom. The van der Waals surface area contributed by atoms with Crippen molar-refractivity contribution in [2.75, 3.05) is 7.11 Å². The van der Waals surface area contributed by atoms with Crippen LogP contribution in [0.4, 0.5) is 0 Å². The summed E-state index contributed by atoms with van der Waals surface area (Å²) in [6, 6.07) is 19.7. The summed E-state index contributed by atoms with van der Waals surface area (Å²) in [5.41, 5.74) is 1.55. The lowest BCUT2D eigenvalue weighted by atomic mass is 10.1. The molecule has 0 saturated heterocycles. The third-order valence-corrected chi connectivity index (χ3v) is 7.16. The number of ether oxygens (including phenoxy) is 1. The fourth-order valence-electron chi connectivity index (χ4n) is 3.18. The van der Waals surface area contributed by atoms with Gasteiger partial charge in [-0.2, -0.15) is 4.72 Å². The fourth-order valence-corrected chi connectivity index (χ4v) is 5.52. The van der Waals surface area contributed by atoms with E-state index in [1.807, 2.05) is 48.5 Å². The van der Waals surface area contributed by atoms with Crippen LogP contribution in [0.5, 0.6) is 5.75 Å². The van der Waals surface area contributed by atoms with Gasteiger partial charge in [-0.3, -0.25) is 4.79 Å². The minimum atomic E-state index is -4.18. The highest BCUT2D eigenvalue weighted by atomic mass is 35.5. The number of sulfonamides is 1. The molecule has 3 rings (SSSR count). The first-order chi connectivity index (χ1) is 15.3. The van der Waals surface area contributed by atoms with E-state index in [4.69, 9.17) is 27.9 Å². The molecule has 1 amide bonds. The summed E-state index contributed by atoms with van der Waals surface area (Å²) in [4.78, 5) is 12.8. The molecule has 32 heavy (non-hydrogen) atoms. The van der Waals surface area contributed by atoms with Crippen molar-refractivity contribution in [2.24, 2.45) is 0 Å². The summed E-state index contributed by atoms with van der Waals surface area (Å²) in [7, 11) is -2.64. The highest BCUT2D eigenvalue weighted by Crippen LogP contribution is 2.29. The smallest absolute Gasteiger partial charge is 0.244 e. The summed E-state index contributed by atoms with van der Waals surface area (Å²) in [5.74, 6) is 0.127. The predicted molar refractivity (Wildman–Crippen MR) is 126 cm³/mol. The number of hydrogen-bond acceptors (Lipinski definition) is 4. The molecule has 0 aliphatic heterocycles. The van der Waals surface area contributed by atoms with Crippen LogP contribution in [0.3, 0.4) is 0 Å². The van der Waals surface area contributed by atoms with Crippen LogP contribution in [0.1, 0.15) is 11.1 Å². The van der Waals surface area contributed by atoms with E-state index in [2.05, 4.69) is 10.0 Å². The van der Waals surface area contributed by atoms with Crippen LogP contribution >= 0.6 is 23.2 Å². The minimum absolute atomic E-state index is 0.0297. The van der Waals surface area contributed by atoms with Gasteiger partial charge in [0.15, 0.2) is 0 Å². The third kappa shape index (κ3) is 6.01. The monoisotopic (exact) mass is 492 g/mol. The number of benzene rings is 3. The van der Waals surface area contributed by atoms with Crippen LogP contribution in [0.25, 0.3) is 0 Å². The Morgan fingerprint density at radius 1 is 0.938 bits per heavy atom.